The highest BCUT2D eigenvalue weighted by Gasteiger charge is 2.37. The van der Waals surface area contributed by atoms with E-state index in [1.165, 1.54) is 6.20 Å². The van der Waals surface area contributed by atoms with Crippen LogP contribution in [0.2, 0.25) is 0 Å². The summed E-state index contributed by atoms with van der Waals surface area (Å²) in [5.41, 5.74) is -1.67. The Morgan fingerprint density at radius 2 is 2.17 bits per heavy atom. The highest BCUT2D eigenvalue weighted by molar-refractivity contribution is 14.1. The molecule has 0 aromatic carbocycles. The predicted molar refractivity (Wildman–Crippen MR) is 81.8 cm³/mol. The van der Waals surface area contributed by atoms with E-state index in [0.29, 0.717) is 3.57 Å². The number of carbonyl (C=O) groups is 1. The smallest absolute Gasteiger partial charge is 0.361 e. The third kappa shape index (κ3) is 3.99. The number of hydrogen-bond acceptors (Lipinski definition) is 5. The van der Waals surface area contributed by atoms with Crippen molar-refractivity contribution in [3.05, 3.63) is 39.4 Å². The van der Waals surface area contributed by atoms with Crippen molar-refractivity contribution < 1.29 is 27.2 Å². The zero-order valence-corrected chi connectivity index (χ0v) is 14.0. The van der Waals surface area contributed by atoms with E-state index in [2.05, 4.69) is 10.1 Å². The number of pyridine rings is 1. The van der Waals surface area contributed by atoms with E-state index in [0.717, 1.165) is 23.4 Å². The second-order valence-corrected chi connectivity index (χ2v) is 5.42. The van der Waals surface area contributed by atoms with Gasteiger partial charge in [0.25, 0.3) is 5.91 Å². The number of alkyl halides is 3. The maximum Gasteiger partial charge on any atom is 0.417 e. The summed E-state index contributed by atoms with van der Waals surface area (Å²) in [6.07, 6.45) is -1.49. The maximum absolute atomic E-state index is 13.1. The third-order valence-electron chi connectivity index (χ3n) is 2.78. The minimum Gasteiger partial charge on any atom is -0.361 e. The van der Waals surface area contributed by atoms with E-state index in [9.17, 15) is 18.0 Å². The third-order valence-corrected chi connectivity index (χ3v) is 3.52. The van der Waals surface area contributed by atoms with Crippen LogP contribution in [-0.2, 0) is 10.9 Å². The molecule has 2 aromatic rings. The maximum atomic E-state index is 13.1. The van der Waals surface area contributed by atoms with E-state index in [1.54, 1.807) is 6.92 Å². The number of hydrogen-bond donors (Lipinski definition) is 0. The molecule has 0 atom stereocenters. The Morgan fingerprint density at radius 1 is 1.43 bits per heavy atom. The van der Waals surface area contributed by atoms with Gasteiger partial charge in [-0.1, -0.05) is 5.16 Å². The van der Waals surface area contributed by atoms with Crippen molar-refractivity contribution in [3.63, 3.8) is 0 Å². The largest absolute Gasteiger partial charge is 0.417 e. The van der Waals surface area contributed by atoms with E-state index < -0.39 is 23.2 Å². The summed E-state index contributed by atoms with van der Waals surface area (Å²) >= 11 is 1.86. The first-order chi connectivity index (χ1) is 10.9. The van der Waals surface area contributed by atoms with Crippen molar-refractivity contribution in [2.24, 2.45) is 0 Å². The number of amides is 1. The molecule has 0 saturated carbocycles. The minimum atomic E-state index is -4.68. The van der Waals surface area contributed by atoms with E-state index in [-0.39, 0.29) is 19.2 Å². The number of aromatic nitrogens is 2. The van der Waals surface area contributed by atoms with E-state index in [4.69, 9.17) is 9.26 Å². The van der Waals surface area contributed by atoms with Gasteiger partial charge in [0.15, 0.2) is 0 Å². The highest BCUT2D eigenvalue weighted by Crippen LogP contribution is 2.33. The van der Waals surface area contributed by atoms with Crippen LogP contribution in [0.5, 0.6) is 0 Å². The molecule has 0 radical (unpaired) electrons. The molecule has 2 aromatic heterocycles. The lowest BCUT2D eigenvalue weighted by molar-refractivity contribution is -0.138. The van der Waals surface area contributed by atoms with Gasteiger partial charge in [-0.2, -0.15) is 13.2 Å². The molecule has 0 aliphatic carbocycles. The molecular formula is C13H11F3IN3O3. The van der Waals surface area contributed by atoms with Crippen LogP contribution in [0.3, 0.4) is 0 Å². The summed E-state index contributed by atoms with van der Waals surface area (Å²) in [7, 11) is 0. The fourth-order valence-electron chi connectivity index (χ4n) is 1.75. The van der Waals surface area contributed by atoms with Crippen LogP contribution in [0.15, 0.2) is 29.2 Å². The molecule has 0 fully saturated rings. The summed E-state index contributed by atoms with van der Waals surface area (Å²) in [4.78, 5) is 17.1. The van der Waals surface area contributed by atoms with Gasteiger partial charge < -0.3 is 9.26 Å². The van der Waals surface area contributed by atoms with Crippen LogP contribution in [-0.4, -0.2) is 29.4 Å². The lowest BCUT2D eigenvalue weighted by Gasteiger charge is -2.21. The molecule has 0 bridgehead atoms. The standard InChI is InChI=1S/C13H11F3IN3O3/c1-2-22-7-20(12-10(17)6-19-23-12)11(21)8-5-18-4-3-9(8)13(14,15)16/h3-6H,2,7H2,1H3. The minimum absolute atomic E-state index is 0.0148. The molecule has 2 heterocycles. The molecule has 6 nitrogen and oxygen atoms in total. The number of anilines is 1. The molecule has 0 aliphatic rings. The lowest BCUT2D eigenvalue weighted by atomic mass is 10.1. The SMILES string of the molecule is CCOCN(C(=O)c1cnccc1C(F)(F)F)c1oncc1I. The monoisotopic (exact) mass is 441 g/mol. The lowest BCUT2D eigenvalue weighted by Crippen LogP contribution is -2.35. The summed E-state index contributed by atoms with van der Waals surface area (Å²) < 4.78 is 49.8. The van der Waals surface area contributed by atoms with E-state index >= 15 is 0 Å². The van der Waals surface area contributed by atoms with Crippen molar-refractivity contribution in [3.8, 4) is 0 Å². The van der Waals surface area contributed by atoms with Gasteiger partial charge in [-0.25, -0.2) is 0 Å². The van der Waals surface area contributed by atoms with Crippen molar-refractivity contribution in [2.75, 3.05) is 18.2 Å². The van der Waals surface area contributed by atoms with Crippen LogP contribution < -0.4 is 4.90 Å². The molecule has 124 valence electrons. The summed E-state index contributed by atoms with van der Waals surface area (Å²) in [5, 5.41) is 3.53. The van der Waals surface area contributed by atoms with Gasteiger partial charge in [0, 0.05) is 19.0 Å². The van der Waals surface area contributed by atoms with Crippen LogP contribution in [0.4, 0.5) is 19.1 Å². The summed E-state index contributed by atoms with van der Waals surface area (Å²) in [5.74, 6) is -0.922. The molecule has 0 aliphatic heterocycles. The Labute approximate surface area is 142 Å². The fourth-order valence-corrected chi connectivity index (χ4v) is 2.25. The number of nitrogens with zero attached hydrogens (tertiary/aromatic N) is 3. The van der Waals surface area contributed by atoms with Gasteiger partial charge in [0.2, 0.25) is 5.88 Å². The second kappa shape index (κ2) is 7.25. The normalized spacial score (nSPS) is 11.5. The Kier molecular flexibility index (Phi) is 5.57. The molecule has 1 amide bonds. The number of carbonyl (C=O) groups excluding carboxylic acids is 1. The molecule has 23 heavy (non-hydrogen) atoms. The molecule has 10 heteroatoms. The van der Waals surface area contributed by atoms with Gasteiger partial charge >= 0.3 is 6.18 Å². The first-order valence-corrected chi connectivity index (χ1v) is 7.45. The average Bonchev–Trinajstić information content (AvgIpc) is 2.93. The number of ether oxygens (including phenoxy) is 1. The van der Waals surface area contributed by atoms with Crippen LogP contribution in [0, 0.1) is 3.57 Å². The Bertz CT molecular complexity index is 690. The number of rotatable bonds is 5. The zero-order valence-electron chi connectivity index (χ0n) is 11.8. The van der Waals surface area contributed by atoms with Gasteiger partial charge in [0.1, 0.15) is 6.73 Å². The van der Waals surface area contributed by atoms with Crippen LogP contribution in [0.1, 0.15) is 22.8 Å². The predicted octanol–water partition coefficient (Wildman–Crippen LogP) is 3.33. The Balaban J connectivity index is 2.45. The fraction of sp³-hybridized carbons (Fsp3) is 0.308. The van der Waals surface area contributed by atoms with Crippen molar-refractivity contribution >= 4 is 34.4 Å². The zero-order chi connectivity index (χ0) is 17.0. The van der Waals surface area contributed by atoms with Crippen molar-refractivity contribution in [1.29, 1.82) is 0 Å². The highest BCUT2D eigenvalue weighted by atomic mass is 127. The van der Waals surface area contributed by atoms with Gasteiger partial charge in [-0.15, -0.1) is 0 Å². The van der Waals surface area contributed by atoms with Crippen LogP contribution in [0.25, 0.3) is 0 Å². The average molecular weight is 441 g/mol. The second-order valence-electron chi connectivity index (χ2n) is 4.25. The van der Waals surface area contributed by atoms with Crippen molar-refractivity contribution in [1.82, 2.24) is 10.1 Å². The van der Waals surface area contributed by atoms with Crippen LogP contribution >= 0.6 is 22.6 Å². The summed E-state index contributed by atoms with van der Waals surface area (Å²) in [6.45, 7) is 1.69. The van der Waals surface area contributed by atoms with Gasteiger partial charge in [-0.3, -0.25) is 14.7 Å². The molecule has 0 saturated heterocycles. The first kappa shape index (κ1) is 17.7. The first-order valence-electron chi connectivity index (χ1n) is 6.37. The molecule has 0 N–H and O–H groups in total. The molecule has 2 rings (SSSR count). The van der Waals surface area contributed by atoms with E-state index in [1.807, 2.05) is 22.6 Å². The molecule has 0 unspecified atom stereocenters. The van der Waals surface area contributed by atoms with Crippen molar-refractivity contribution in [2.45, 2.75) is 13.1 Å². The topological polar surface area (TPSA) is 68.5 Å². The number of halogens is 4. The van der Waals surface area contributed by atoms with Gasteiger partial charge in [-0.05, 0) is 35.6 Å². The molecular weight excluding hydrogens is 430 g/mol. The Hall–Kier alpha value is -1.69. The summed E-state index contributed by atoms with van der Waals surface area (Å²) in [6, 6.07) is 0.747. The van der Waals surface area contributed by atoms with Gasteiger partial charge in [0.05, 0.1) is 20.9 Å². The quantitative estimate of drug-likeness (QED) is 0.526. The molecule has 0 spiro atoms. The Morgan fingerprint density at radius 3 is 2.74 bits per heavy atom.